The molecule has 1 aromatic rings. The molecule has 17 heavy (non-hydrogen) atoms. The van der Waals surface area contributed by atoms with E-state index in [0.29, 0.717) is 11.5 Å². The van der Waals surface area contributed by atoms with E-state index in [0.717, 1.165) is 5.92 Å². The van der Waals surface area contributed by atoms with Crippen molar-refractivity contribution in [3.63, 3.8) is 0 Å². The standard InChI is InChI=1S/C16H23N/c1-12(17)16(9-10-16)15-8-4-7-14(11-15)13-5-2-3-6-13/h4,7-8,11-13H,2-3,5-6,9-10,17H2,1H3. The van der Waals surface area contributed by atoms with Gasteiger partial charge in [0.25, 0.3) is 0 Å². The van der Waals surface area contributed by atoms with Gasteiger partial charge < -0.3 is 5.73 Å². The summed E-state index contributed by atoms with van der Waals surface area (Å²) in [4.78, 5) is 0. The summed E-state index contributed by atoms with van der Waals surface area (Å²) in [5.41, 5.74) is 9.54. The Bertz CT molecular complexity index is 398. The van der Waals surface area contributed by atoms with E-state index < -0.39 is 0 Å². The summed E-state index contributed by atoms with van der Waals surface area (Å²) in [5.74, 6) is 0.818. The van der Waals surface area contributed by atoms with Gasteiger partial charge in [-0.3, -0.25) is 0 Å². The second kappa shape index (κ2) is 4.13. The molecule has 92 valence electrons. The first-order chi connectivity index (χ1) is 8.22. The van der Waals surface area contributed by atoms with Crippen molar-refractivity contribution in [2.24, 2.45) is 5.73 Å². The Balaban J connectivity index is 1.89. The van der Waals surface area contributed by atoms with E-state index in [1.807, 2.05) is 0 Å². The first-order valence-corrected chi connectivity index (χ1v) is 7.08. The second-order valence-corrected chi connectivity index (χ2v) is 6.05. The summed E-state index contributed by atoms with van der Waals surface area (Å²) in [6.45, 7) is 2.16. The molecule has 0 spiro atoms. The zero-order chi connectivity index (χ0) is 11.9. The molecule has 0 heterocycles. The van der Waals surface area contributed by atoms with E-state index in [-0.39, 0.29) is 0 Å². The van der Waals surface area contributed by atoms with Crippen molar-refractivity contribution < 1.29 is 0 Å². The molecule has 2 fully saturated rings. The van der Waals surface area contributed by atoms with E-state index in [4.69, 9.17) is 5.73 Å². The molecular formula is C16H23N. The second-order valence-electron chi connectivity index (χ2n) is 6.05. The largest absolute Gasteiger partial charge is 0.327 e. The van der Waals surface area contributed by atoms with Crippen molar-refractivity contribution >= 4 is 0 Å². The number of hydrogen-bond donors (Lipinski definition) is 1. The highest BCUT2D eigenvalue weighted by molar-refractivity contribution is 5.37. The van der Waals surface area contributed by atoms with Crippen molar-refractivity contribution in [1.29, 1.82) is 0 Å². The van der Waals surface area contributed by atoms with Gasteiger partial charge >= 0.3 is 0 Å². The maximum absolute atomic E-state index is 6.17. The topological polar surface area (TPSA) is 26.0 Å². The summed E-state index contributed by atoms with van der Waals surface area (Å²) in [5, 5.41) is 0. The molecule has 0 bridgehead atoms. The SMILES string of the molecule is CC(N)C1(c2cccc(C3CCCC3)c2)CC1. The third-order valence-corrected chi connectivity index (χ3v) is 4.95. The highest BCUT2D eigenvalue weighted by Gasteiger charge is 2.47. The predicted octanol–water partition coefficient (Wildman–Crippen LogP) is 3.72. The summed E-state index contributed by atoms with van der Waals surface area (Å²) in [6, 6.07) is 9.59. The van der Waals surface area contributed by atoms with Gasteiger partial charge in [0, 0.05) is 11.5 Å². The Hall–Kier alpha value is -0.820. The predicted molar refractivity (Wildman–Crippen MR) is 72.2 cm³/mol. The van der Waals surface area contributed by atoms with E-state index >= 15 is 0 Å². The van der Waals surface area contributed by atoms with E-state index in [1.165, 1.54) is 44.1 Å². The average molecular weight is 229 g/mol. The molecule has 0 saturated heterocycles. The molecule has 1 atom stereocenters. The molecule has 0 aliphatic heterocycles. The van der Waals surface area contributed by atoms with Gasteiger partial charge in [0.1, 0.15) is 0 Å². The first-order valence-electron chi connectivity index (χ1n) is 7.08. The van der Waals surface area contributed by atoms with Gasteiger partial charge in [-0.2, -0.15) is 0 Å². The zero-order valence-corrected chi connectivity index (χ0v) is 10.8. The van der Waals surface area contributed by atoms with Crippen molar-refractivity contribution in [3.05, 3.63) is 35.4 Å². The minimum absolute atomic E-state index is 0.293. The molecular weight excluding hydrogens is 206 g/mol. The van der Waals surface area contributed by atoms with Gasteiger partial charge in [-0.05, 0) is 49.7 Å². The minimum atomic E-state index is 0.293. The van der Waals surface area contributed by atoms with Crippen molar-refractivity contribution in [1.82, 2.24) is 0 Å². The van der Waals surface area contributed by atoms with Gasteiger partial charge in [-0.15, -0.1) is 0 Å². The number of hydrogen-bond acceptors (Lipinski definition) is 1. The lowest BCUT2D eigenvalue weighted by molar-refractivity contribution is 0.555. The van der Waals surface area contributed by atoms with Gasteiger partial charge in [0.15, 0.2) is 0 Å². The molecule has 0 radical (unpaired) electrons. The number of rotatable bonds is 3. The van der Waals surface area contributed by atoms with Crippen LogP contribution in [0.25, 0.3) is 0 Å². The summed E-state index contributed by atoms with van der Waals surface area (Å²) < 4.78 is 0. The summed E-state index contributed by atoms with van der Waals surface area (Å²) >= 11 is 0. The van der Waals surface area contributed by atoms with Gasteiger partial charge in [-0.1, -0.05) is 37.1 Å². The highest BCUT2D eigenvalue weighted by Crippen LogP contribution is 2.51. The van der Waals surface area contributed by atoms with Gasteiger partial charge in [0.05, 0.1) is 0 Å². The fourth-order valence-electron chi connectivity index (χ4n) is 3.50. The molecule has 2 saturated carbocycles. The van der Waals surface area contributed by atoms with Crippen LogP contribution in [-0.4, -0.2) is 6.04 Å². The van der Waals surface area contributed by atoms with E-state index in [1.54, 1.807) is 5.56 Å². The summed E-state index contributed by atoms with van der Waals surface area (Å²) in [7, 11) is 0. The van der Waals surface area contributed by atoms with Crippen LogP contribution >= 0.6 is 0 Å². The average Bonchev–Trinajstić information content (AvgIpc) is 2.98. The van der Waals surface area contributed by atoms with Crippen LogP contribution in [0.5, 0.6) is 0 Å². The summed E-state index contributed by atoms with van der Waals surface area (Å²) in [6.07, 6.45) is 8.14. The fourth-order valence-corrected chi connectivity index (χ4v) is 3.50. The third kappa shape index (κ3) is 1.91. The Labute approximate surface area is 104 Å². The molecule has 0 amide bonds. The van der Waals surface area contributed by atoms with Crippen LogP contribution in [0.3, 0.4) is 0 Å². The van der Waals surface area contributed by atoms with Crippen LogP contribution in [-0.2, 0) is 5.41 Å². The third-order valence-electron chi connectivity index (χ3n) is 4.95. The normalized spacial score (nSPS) is 24.8. The molecule has 2 aliphatic carbocycles. The van der Waals surface area contributed by atoms with E-state index in [2.05, 4.69) is 31.2 Å². The van der Waals surface area contributed by atoms with Gasteiger partial charge in [-0.25, -0.2) is 0 Å². The smallest absolute Gasteiger partial charge is 0.0108 e. The van der Waals surface area contributed by atoms with Crippen LogP contribution < -0.4 is 5.73 Å². The van der Waals surface area contributed by atoms with Crippen LogP contribution in [0, 0.1) is 0 Å². The van der Waals surface area contributed by atoms with Crippen molar-refractivity contribution in [2.45, 2.75) is 62.8 Å². The quantitative estimate of drug-likeness (QED) is 0.840. The zero-order valence-electron chi connectivity index (χ0n) is 10.8. The Morgan fingerprint density at radius 3 is 2.53 bits per heavy atom. The number of benzene rings is 1. The molecule has 0 aromatic heterocycles. The van der Waals surface area contributed by atoms with Gasteiger partial charge in [0.2, 0.25) is 0 Å². The lowest BCUT2D eigenvalue weighted by atomic mass is 9.86. The molecule has 1 heteroatoms. The molecule has 3 rings (SSSR count). The number of nitrogens with two attached hydrogens (primary N) is 1. The highest BCUT2D eigenvalue weighted by atomic mass is 14.7. The van der Waals surface area contributed by atoms with E-state index in [9.17, 15) is 0 Å². The van der Waals surface area contributed by atoms with Crippen LogP contribution in [0.4, 0.5) is 0 Å². The fraction of sp³-hybridized carbons (Fsp3) is 0.625. The maximum atomic E-state index is 6.17. The Morgan fingerprint density at radius 1 is 1.24 bits per heavy atom. The molecule has 1 nitrogen and oxygen atoms in total. The van der Waals surface area contributed by atoms with Crippen molar-refractivity contribution in [2.75, 3.05) is 0 Å². The first kappa shape index (κ1) is 11.3. The lowest BCUT2D eigenvalue weighted by Crippen LogP contribution is -2.31. The monoisotopic (exact) mass is 229 g/mol. The van der Waals surface area contributed by atoms with Crippen LogP contribution in [0.1, 0.15) is 62.5 Å². The van der Waals surface area contributed by atoms with Crippen LogP contribution in [0.15, 0.2) is 24.3 Å². The molecule has 2 N–H and O–H groups in total. The molecule has 2 aliphatic rings. The molecule has 1 aromatic carbocycles. The van der Waals surface area contributed by atoms with Crippen LogP contribution in [0.2, 0.25) is 0 Å². The maximum Gasteiger partial charge on any atom is 0.0108 e. The van der Waals surface area contributed by atoms with Crippen molar-refractivity contribution in [3.8, 4) is 0 Å². The Kier molecular flexibility index (Phi) is 2.74. The molecule has 1 unspecified atom stereocenters. The Morgan fingerprint density at radius 2 is 1.94 bits per heavy atom. The minimum Gasteiger partial charge on any atom is -0.327 e. The lowest BCUT2D eigenvalue weighted by Gasteiger charge is -2.22.